The molecule has 0 saturated carbocycles. The second kappa shape index (κ2) is 6.95. The highest BCUT2D eigenvalue weighted by atomic mass is 16.5. The molecule has 0 bridgehead atoms. The van der Waals surface area contributed by atoms with Crippen molar-refractivity contribution in [3.05, 3.63) is 29.3 Å². The van der Waals surface area contributed by atoms with Crippen molar-refractivity contribution in [3.63, 3.8) is 0 Å². The molecule has 86 valence electrons. The molecule has 0 aromatic heterocycles. The monoisotopic (exact) mass is 216 g/mol. The van der Waals surface area contributed by atoms with Gasteiger partial charge < -0.3 is 4.74 Å². The molecule has 0 heterocycles. The third-order valence-corrected chi connectivity index (χ3v) is 2.57. The molecule has 0 atom stereocenters. The molecule has 0 saturated heterocycles. The first kappa shape index (κ1) is 12.6. The fourth-order valence-corrected chi connectivity index (χ4v) is 1.66. The summed E-state index contributed by atoms with van der Waals surface area (Å²) in [5.41, 5.74) is 2.63. The van der Waals surface area contributed by atoms with E-state index in [2.05, 4.69) is 43.9 Å². The van der Waals surface area contributed by atoms with Crippen LogP contribution in [0.15, 0.2) is 18.2 Å². The Morgan fingerprint density at radius 1 is 1.19 bits per heavy atom. The van der Waals surface area contributed by atoms with E-state index >= 15 is 0 Å². The molecule has 0 aliphatic carbocycles. The molecule has 0 radical (unpaired) electrons. The van der Waals surface area contributed by atoms with E-state index in [0.717, 1.165) is 31.4 Å². The second-order valence-corrected chi connectivity index (χ2v) is 3.71. The van der Waals surface area contributed by atoms with E-state index in [-0.39, 0.29) is 0 Å². The molecule has 1 aromatic rings. The van der Waals surface area contributed by atoms with E-state index in [1.165, 1.54) is 11.1 Å². The Kier molecular flexibility index (Phi) is 5.50. The van der Waals surface area contributed by atoms with Crippen LogP contribution in [0, 0.1) is 11.8 Å². The van der Waals surface area contributed by atoms with Crippen molar-refractivity contribution in [1.82, 2.24) is 0 Å². The Morgan fingerprint density at radius 3 is 2.62 bits per heavy atom. The lowest BCUT2D eigenvalue weighted by atomic mass is 10.0. The van der Waals surface area contributed by atoms with Crippen molar-refractivity contribution < 1.29 is 4.74 Å². The van der Waals surface area contributed by atoms with Crippen molar-refractivity contribution in [1.29, 1.82) is 0 Å². The minimum Gasteiger partial charge on any atom is -0.496 e. The van der Waals surface area contributed by atoms with Crippen molar-refractivity contribution >= 4 is 0 Å². The topological polar surface area (TPSA) is 9.23 Å². The largest absolute Gasteiger partial charge is 0.496 e. The number of methoxy groups -OCH3 is 1. The van der Waals surface area contributed by atoms with Crippen LogP contribution in [0.25, 0.3) is 0 Å². The number of ether oxygens (including phenoxy) is 1. The van der Waals surface area contributed by atoms with Crippen LogP contribution in [0.2, 0.25) is 0 Å². The lowest BCUT2D eigenvalue weighted by Gasteiger charge is -2.08. The molecule has 1 rings (SSSR count). The predicted octanol–water partition coefficient (Wildman–Crippen LogP) is 3.60. The van der Waals surface area contributed by atoms with Gasteiger partial charge in [0.25, 0.3) is 0 Å². The van der Waals surface area contributed by atoms with Crippen LogP contribution in [0.5, 0.6) is 5.75 Å². The smallest absolute Gasteiger partial charge is 0.122 e. The highest BCUT2D eigenvalue weighted by molar-refractivity contribution is 5.37. The fourth-order valence-electron chi connectivity index (χ4n) is 1.66. The van der Waals surface area contributed by atoms with Gasteiger partial charge in [0.05, 0.1) is 7.11 Å². The minimum atomic E-state index is 0.914. The highest BCUT2D eigenvalue weighted by Crippen LogP contribution is 2.21. The van der Waals surface area contributed by atoms with Crippen molar-refractivity contribution in [2.75, 3.05) is 7.11 Å². The van der Waals surface area contributed by atoms with Gasteiger partial charge in [-0.3, -0.25) is 0 Å². The van der Waals surface area contributed by atoms with E-state index in [4.69, 9.17) is 4.74 Å². The van der Waals surface area contributed by atoms with Gasteiger partial charge in [0.1, 0.15) is 5.75 Å². The Bertz CT molecular complexity index is 382. The summed E-state index contributed by atoms with van der Waals surface area (Å²) in [5.74, 6) is 7.24. The first-order valence-electron chi connectivity index (χ1n) is 5.93. The molecule has 0 amide bonds. The third kappa shape index (κ3) is 3.62. The van der Waals surface area contributed by atoms with Crippen molar-refractivity contribution in [3.8, 4) is 17.6 Å². The number of rotatable bonds is 4. The zero-order valence-corrected chi connectivity index (χ0v) is 10.5. The number of hydrogen-bond donors (Lipinski definition) is 0. The van der Waals surface area contributed by atoms with E-state index < -0.39 is 0 Å². The van der Waals surface area contributed by atoms with Crippen LogP contribution >= 0.6 is 0 Å². The molecule has 0 aliphatic heterocycles. The molecule has 1 aromatic carbocycles. The fraction of sp³-hybridized carbons (Fsp3) is 0.467. The standard InChI is InChI=1S/C15H20O/c1-4-6-7-8-9-14-12-13(5-2)10-11-15(14)16-3/h10-12H,4-5,8-9H2,1-3H3. The van der Waals surface area contributed by atoms with Crippen LogP contribution in [0.1, 0.15) is 37.8 Å². The SMILES string of the molecule is CCC#CCCc1cc(CC)ccc1OC. The van der Waals surface area contributed by atoms with Gasteiger partial charge in [-0.05, 0) is 30.0 Å². The Morgan fingerprint density at radius 2 is 2.00 bits per heavy atom. The molecular weight excluding hydrogens is 196 g/mol. The van der Waals surface area contributed by atoms with Crippen molar-refractivity contribution in [2.24, 2.45) is 0 Å². The van der Waals surface area contributed by atoms with Crippen molar-refractivity contribution in [2.45, 2.75) is 39.5 Å². The number of benzene rings is 1. The maximum Gasteiger partial charge on any atom is 0.122 e. The van der Waals surface area contributed by atoms with Gasteiger partial charge in [0, 0.05) is 12.8 Å². The van der Waals surface area contributed by atoms with Gasteiger partial charge in [-0.15, -0.1) is 11.8 Å². The summed E-state index contributed by atoms with van der Waals surface area (Å²) < 4.78 is 5.35. The normalized spacial score (nSPS) is 9.44. The average molecular weight is 216 g/mol. The molecule has 0 N–H and O–H groups in total. The van der Waals surface area contributed by atoms with E-state index in [0.29, 0.717) is 0 Å². The maximum atomic E-state index is 5.35. The number of hydrogen-bond acceptors (Lipinski definition) is 1. The zero-order chi connectivity index (χ0) is 11.8. The summed E-state index contributed by atoms with van der Waals surface area (Å²) in [7, 11) is 1.72. The highest BCUT2D eigenvalue weighted by Gasteiger charge is 2.02. The summed E-state index contributed by atoms with van der Waals surface area (Å²) >= 11 is 0. The minimum absolute atomic E-state index is 0.914. The van der Waals surface area contributed by atoms with E-state index in [1.807, 2.05) is 0 Å². The quantitative estimate of drug-likeness (QED) is 0.699. The van der Waals surface area contributed by atoms with Gasteiger partial charge in [0.2, 0.25) is 0 Å². The Hall–Kier alpha value is -1.42. The summed E-state index contributed by atoms with van der Waals surface area (Å²) in [5, 5.41) is 0. The summed E-state index contributed by atoms with van der Waals surface area (Å²) in [6.07, 6.45) is 3.89. The summed E-state index contributed by atoms with van der Waals surface area (Å²) in [4.78, 5) is 0. The Labute approximate surface area is 98.8 Å². The lowest BCUT2D eigenvalue weighted by Crippen LogP contribution is -1.94. The van der Waals surface area contributed by atoms with Gasteiger partial charge in [-0.2, -0.15) is 0 Å². The van der Waals surface area contributed by atoms with Gasteiger partial charge in [-0.25, -0.2) is 0 Å². The second-order valence-electron chi connectivity index (χ2n) is 3.71. The molecule has 16 heavy (non-hydrogen) atoms. The first-order chi connectivity index (χ1) is 7.81. The Balaban J connectivity index is 2.75. The molecule has 0 aliphatic rings. The third-order valence-electron chi connectivity index (χ3n) is 2.57. The molecule has 1 heteroatoms. The molecule has 0 spiro atoms. The molecule has 1 nitrogen and oxygen atoms in total. The molecule has 0 unspecified atom stereocenters. The predicted molar refractivity (Wildman–Crippen MR) is 68.8 cm³/mol. The van der Waals surface area contributed by atoms with E-state index in [9.17, 15) is 0 Å². The van der Waals surface area contributed by atoms with Crippen LogP contribution in [0.3, 0.4) is 0 Å². The first-order valence-corrected chi connectivity index (χ1v) is 5.93. The lowest BCUT2D eigenvalue weighted by molar-refractivity contribution is 0.409. The summed E-state index contributed by atoms with van der Waals surface area (Å²) in [6, 6.07) is 6.41. The van der Waals surface area contributed by atoms with Crippen LogP contribution in [0.4, 0.5) is 0 Å². The van der Waals surface area contributed by atoms with Crippen LogP contribution < -0.4 is 4.74 Å². The number of aryl methyl sites for hydroxylation is 2. The van der Waals surface area contributed by atoms with Crippen LogP contribution in [-0.2, 0) is 12.8 Å². The average Bonchev–Trinajstić information content (AvgIpc) is 2.34. The van der Waals surface area contributed by atoms with Gasteiger partial charge in [0.15, 0.2) is 0 Å². The van der Waals surface area contributed by atoms with Crippen LogP contribution in [-0.4, -0.2) is 7.11 Å². The summed E-state index contributed by atoms with van der Waals surface area (Å²) in [6.45, 7) is 4.24. The van der Waals surface area contributed by atoms with E-state index in [1.54, 1.807) is 7.11 Å². The molecule has 0 fully saturated rings. The molecular formula is C15H20O. The maximum absolute atomic E-state index is 5.35. The van der Waals surface area contributed by atoms with Gasteiger partial charge in [-0.1, -0.05) is 26.0 Å². The van der Waals surface area contributed by atoms with Gasteiger partial charge >= 0.3 is 0 Å². The zero-order valence-electron chi connectivity index (χ0n) is 10.5.